The Morgan fingerprint density at radius 3 is 2.75 bits per heavy atom. The van der Waals surface area contributed by atoms with Crippen LogP contribution in [0.4, 0.5) is 13.2 Å². The van der Waals surface area contributed by atoms with Gasteiger partial charge in [0.15, 0.2) is 0 Å². The molecule has 6 heteroatoms. The van der Waals surface area contributed by atoms with Crippen molar-refractivity contribution >= 4 is 0 Å². The van der Waals surface area contributed by atoms with E-state index in [0.717, 1.165) is 17.7 Å². The maximum Gasteiger partial charge on any atom is 0.416 e. The predicted molar refractivity (Wildman–Crippen MR) is 50.2 cm³/mol. The number of alkyl halides is 3. The van der Waals surface area contributed by atoms with Crippen LogP contribution in [-0.4, -0.2) is 11.3 Å². The van der Waals surface area contributed by atoms with Crippen LogP contribution >= 0.6 is 0 Å². The SMILES string of the molecule is Cc1c(C(F)(F)F)cc2n(c1=O)OCCC2. The number of halogens is 3. The monoisotopic (exact) mass is 233 g/mol. The summed E-state index contributed by atoms with van der Waals surface area (Å²) in [7, 11) is 0. The summed E-state index contributed by atoms with van der Waals surface area (Å²) < 4.78 is 38.8. The Hall–Kier alpha value is -1.46. The molecule has 0 unspecified atom stereocenters. The number of aryl methyl sites for hydroxylation is 1. The predicted octanol–water partition coefficient (Wildman–Crippen LogP) is 1.55. The van der Waals surface area contributed by atoms with Crippen molar-refractivity contribution in [2.24, 2.45) is 0 Å². The van der Waals surface area contributed by atoms with Gasteiger partial charge in [-0.2, -0.15) is 13.2 Å². The molecule has 0 atom stereocenters. The van der Waals surface area contributed by atoms with Crippen LogP contribution in [0.5, 0.6) is 0 Å². The van der Waals surface area contributed by atoms with Gasteiger partial charge < -0.3 is 4.84 Å². The molecule has 2 rings (SSSR count). The Bertz CT molecular complexity index is 476. The van der Waals surface area contributed by atoms with Crippen molar-refractivity contribution in [3.05, 3.63) is 33.2 Å². The topological polar surface area (TPSA) is 31.2 Å². The summed E-state index contributed by atoms with van der Waals surface area (Å²) in [6.07, 6.45) is -3.44. The Balaban J connectivity index is 2.67. The number of hydrogen-bond donors (Lipinski definition) is 0. The largest absolute Gasteiger partial charge is 0.416 e. The normalized spacial score (nSPS) is 15.5. The molecule has 16 heavy (non-hydrogen) atoms. The van der Waals surface area contributed by atoms with E-state index in [0.29, 0.717) is 19.4 Å². The molecule has 0 saturated carbocycles. The van der Waals surface area contributed by atoms with Gasteiger partial charge in [0.1, 0.15) is 6.61 Å². The first-order valence-electron chi connectivity index (χ1n) is 4.87. The summed E-state index contributed by atoms with van der Waals surface area (Å²) in [6, 6.07) is 0.996. The lowest BCUT2D eigenvalue weighted by Gasteiger charge is -2.21. The van der Waals surface area contributed by atoms with E-state index in [1.54, 1.807) is 0 Å². The molecule has 0 aliphatic carbocycles. The molecule has 88 valence electrons. The van der Waals surface area contributed by atoms with Crippen molar-refractivity contribution in [3.63, 3.8) is 0 Å². The van der Waals surface area contributed by atoms with Crippen LogP contribution in [0.15, 0.2) is 10.9 Å². The number of rotatable bonds is 0. The summed E-state index contributed by atoms with van der Waals surface area (Å²) in [5, 5.41) is 0. The quantitative estimate of drug-likeness (QED) is 0.680. The molecule has 0 radical (unpaired) electrons. The molecule has 3 nitrogen and oxygen atoms in total. The van der Waals surface area contributed by atoms with E-state index in [-0.39, 0.29) is 11.3 Å². The van der Waals surface area contributed by atoms with Gasteiger partial charge in [0.05, 0.1) is 11.3 Å². The molecule has 0 spiro atoms. The van der Waals surface area contributed by atoms with Gasteiger partial charge in [-0.15, -0.1) is 4.73 Å². The molecule has 1 aromatic heterocycles. The fourth-order valence-electron chi connectivity index (χ4n) is 1.75. The number of hydrogen-bond acceptors (Lipinski definition) is 2. The van der Waals surface area contributed by atoms with E-state index in [1.807, 2.05) is 0 Å². The zero-order chi connectivity index (χ0) is 11.9. The van der Waals surface area contributed by atoms with Crippen molar-refractivity contribution in [1.29, 1.82) is 0 Å². The van der Waals surface area contributed by atoms with Gasteiger partial charge in [-0.05, 0) is 25.8 Å². The highest BCUT2D eigenvalue weighted by molar-refractivity contribution is 5.29. The second kappa shape index (κ2) is 3.54. The highest BCUT2D eigenvalue weighted by Crippen LogP contribution is 2.31. The zero-order valence-corrected chi connectivity index (χ0v) is 8.60. The van der Waals surface area contributed by atoms with Crippen LogP contribution < -0.4 is 10.4 Å². The van der Waals surface area contributed by atoms with Gasteiger partial charge in [-0.3, -0.25) is 4.79 Å². The minimum atomic E-state index is -4.49. The third kappa shape index (κ3) is 1.68. The first-order chi connectivity index (χ1) is 7.41. The zero-order valence-electron chi connectivity index (χ0n) is 8.60. The summed E-state index contributed by atoms with van der Waals surface area (Å²) in [4.78, 5) is 16.7. The fraction of sp³-hybridized carbons (Fsp3) is 0.500. The number of nitrogens with zero attached hydrogens (tertiary/aromatic N) is 1. The molecular weight excluding hydrogens is 223 g/mol. The van der Waals surface area contributed by atoms with E-state index in [1.165, 1.54) is 0 Å². The summed E-state index contributed by atoms with van der Waals surface area (Å²) in [6.45, 7) is 1.52. The molecule has 0 bridgehead atoms. The highest BCUT2D eigenvalue weighted by Gasteiger charge is 2.35. The number of fused-ring (bicyclic) bond motifs is 1. The molecule has 1 aliphatic heterocycles. The molecule has 1 aromatic rings. The molecular formula is C10H10F3NO2. The van der Waals surface area contributed by atoms with Gasteiger partial charge in [0.2, 0.25) is 0 Å². The summed E-state index contributed by atoms with van der Waals surface area (Å²) in [5.74, 6) is 0. The fourth-order valence-corrected chi connectivity index (χ4v) is 1.75. The molecule has 0 fully saturated rings. The van der Waals surface area contributed by atoms with Gasteiger partial charge in [0.25, 0.3) is 5.56 Å². The first kappa shape index (κ1) is 11.0. The van der Waals surface area contributed by atoms with Crippen LogP contribution in [0.3, 0.4) is 0 Å². The number of aromatic nitrogens is 1. The smallest absolute Gasteiger partial charge is 0.411 e. The van der Waals surface area contributed by atoms with Crippen LogP contribution in [0.2, 0.25) is 0 Å². The van der Waals surface area contributed by atoms with Gasteiger partial charge in [-0.1, -0.05) is 0 Å². The third-order valence-corrected chi connectivity index (χ3v) is 2.58. The Morgan fingerprint density at radius 2 is 2.12 bits per heavy atom. The lowest BCUT2D eigenvalue weighted by Crippen LogP contribution is -2.36. The van der Waals surface area contributed by atoms with Gasteiger partial charge in [-0.25, -0.2) is 0 Å². The molecule has 1 aliphatic rings. The summed E-state index contributed by atoms with van der Waals surface area (Å²) >= 11 is 0. The first-order valence-corrected chi connectivity index (χ1v) is 4.87. The second-order valence-electron chi connectivity index (χ2n) is 3.71. The van der Waals surface area contributed by atoms with Crippen molar-refractivity contribution in [2.75, 3.05) is 6.61 Å². The Morgan fingerprint density at radius 1 is 1.44 bits per heavy atom. The van der Waals surface area contributed by atoms with Crippen LogP contribution in [0.25, 0.3) is 0 Å². The lowest BCUT2D eigenvalue weighted by molar-refractivity contribution is -0.138. The minimum Gasteiger partial charge on any atom is -0.411 e. The van der Waals surface area contributed by atoms with Gasteiger partial charge in [0, 0.05) is 5.56 Å². The highest BCUT2D eigenvalue weighted by atomic mass is 19.4. The van der Waals surface area contributed by atoms with E-state index in [9.17, 15) is 18.0 Å². The Labute approximate surface area is 89.4 Å². The number of pyridine rings is 1. The van der Waals surface area contributed by atoms with Crippen molar-refractivity contribution in [1.82, 2.24) is 4.73 Å². The summed E-state index contributed by atoms with van der Waals surface area (Å²) in [5.41, 5.74) is -1.62. The van der Waals surface area contributed by atoms with Crippen LogP contribution in [0, 0.1) is 6.92 Å². The van der Waals surface area contributed by atoms with Crippen LogP contribution in [0.1, 0.15) is 23.2 Å². The molecule has 0 saturated heterocycles. The minimum absolute atomic E-state index is 0.286. The van der Waals surface area contributed by atoms with Crippen LogP contribution in [-0.2, 0) is 12.6 Å². The van der Waals surface area contributed by atoms with E-state index < -0.39 is 17.3 Å². The standard InChI is InChI=1S/C10H10F3NO2/c1-6-8(10(11,12)13)5-7-3-2-4-16-14(7)9(6)15/h5H,2-4H2,1H3. The Kier molecular flexibility index (Phi) is 2.44. The van der Waals surface area contributed by atoms with Gasteiger partial charge >= 0.3 is 6.18 Å². The maximum atomic E-state index is 12.6. The molecule has 2 heterocycles. The average Bonchev–Trinajstić information content (AvgIpc) is 2.22. The van der Waals surface area contributed by atoms with Crippen molar-refractivity contribution < 1.29 is 18.0 Å². The van der Waals surface area contributed by atoms with Crippen molar-refractivity contribution in [2.45, 2.75) is 25.9 Å². The average molecular weight is 233 g/mol. The third-order valence-electron chi connectivity index (χ3n) is 2.58. The van der Waals surface area contributed by atoms with E-state index >= 15 is 0 Å². The molecule has 0 aromatic carbocycles. The second-order valence-corrected chi connectivity index (χ2v) is 3.71. The molecule has 0 amide bonds. The van der Waals surface area contributed by atoms with E-state index in [4.69, 9.17) is 4.84 Å². The van der Waals surface area contributed by atoms with E-state index in [2.05, 4.69) is 0 Å². The lowest BCUT2D eigenvalue weighted by atomic mass is 10.1. The maximum absolute atomic E-state index is 12.6. The molecule has 0 N–H and O–H groups in total. The van der Waals surface area contributed by atoms with Crippen molar-refractivity contribution in [3.8, 4) is 0 Å².